The summed E-state index contributed by atoms with van der Waals surface area (Å²) in [6, 6.07) is 6.84. The molecule has 0 unspecified atom stereocenters. The first-order chi connectivity index (χ1) is 8.65. The van der Waals surface area contributed by atoms with Crippen LogP contribution in [-0.2, 0) is 0 Å². The Labute approximate surface area is 114 Å². The number of imide groups is 1. The van der Waals surface area contributed by atoms with Crippen molar-refractivity contribution in [1.82, 2.24) is 4.90 Å². The first-order valence-corrected chi connectivity index (χ1v) is 6.96. The minimum Gasteiger partial charge on any atom is -0.392 e. The quantitative estimate of drug-likeness (QED) is 0.666. The molecule has 1 atom stereocenters. The van der Waals surface area contributed by atoms with Crippen molar-refractivity contribution in [3.63, 3.8) is 0 Å². The van der Waals surface area contributed by atoms with Gasteiger partial charge in [-0.3, -0.25) is 14.5 Å². The Hall–Kier alpha value is -1.20. The van der Waals surface area contributed by atoms with E-state index in [1.165, 1.54) is 4.90 Å². The van der Waals surface area contributed by atoms with Gasteiger partial charge in [-0.2, -0.15) is 0 Å². The number of nitrogens with zero attached hydrogens (tertiary/aromatic N) is 1. The third kappa shape index (κ3) is 2.47. The van der Waals surface area contributed by atoms with E-state index in [1.807, 2.05) is 0 Å². The third-order valence-electron chi connectivity index (χ3n) is 2.98. The van der Waals surface area contributed by atoms with Crippen LogP contribution in [0.4, 0.5) is 0 Å². The topological polar surface area (TPSA) is 57.6 Å². The van der Waals surface area contributed by atoms with Crippen LogP contribution in [0.15, 0.2) is 24.3 Å². The van der Waals surface area contributed by atoms with Crippen LogP contribution < -0.4 is 0 Å². The van der Waals surface area contributed by atoms with E-state index < -0.39 is 6.10 Å². The molecule has 0 saturated carbocycles. The lowest BCUT2D eigenvalue weighted by molar-refractivity contribution is 0.0643. The number of benzene rings is 1. The standard InChI is InChI=1S/C13H14BrNO3/c14-8-9(16)4-3-7-15-12(17)10-5-1-2-6-11(10)13(15)18/h1-2,5-6,9,16H,3-4,7-8H2/t9-/m0/s1. The third-order valence-corrected chi connectivity index (χ3v) is 3.72. The highest BCUT2D eigenvalue weighted by Crippen LogP contribution is 2.22. The van der Waals surface area contributed by atoms with Crippen molar-refractivity contribution in [2.75, 3.05) is 11.9 Å². The fraction of sp³-hybridized carbons (Fsp3) is 0.385. The molecule has 96 valence electrons. The van der Waals surface area contributed by atoms with E-state index in [9.17, 15) is 14.7 Å². The van der Waals surface area contributed by atoms with E-state index in [0.717, 1.165) is 0 Å². The van der Waals surface area contributed by atoms with E-state index in [-0.39, 0.29) is 11.8 Å². The zero-order valence-electron chi connectivity index (χ0n) is 9.80. The van der Waals surface area contributed by atoms with E-state index in [4.69, 9.17) is 0 Å². The van der Waals surface area contributed by atoms with Crippen LogP contribution in [0.2, 0.25) is 0 Å². The number of alkyl halides is 1. The Bertz CT molecular complexity index is 440. The zero-order chi connectivity index (χ0) is 13.1. The van der Waals surface area contributed by atoms with Crippen molar-refractivity contribution in [1.29, 1.82) is 0 Å². The molecule has 1 aliphatic heterocycles. The molecule has 2 amide bonds. The molecule has 0 bridgehead atoms. The number of carbonyl (C=O) groups is 2. The summed E-state index contributed by atoms with van der Waals surface area (Å²) in [6.07, 6.45) is 0.747. The number of rotatable bonds is 5. The molecule has 1 aromatic rings. The van der Waals surface area contributed by atoms with Crippen molar-refractivity contribution in [3.05, 3.63) is 35.4 Å². The number of aliphatic hydroxyl groups is 1. The van der Waals surface area contributed by atoms with Crippen LogP contribution >= 0.6 is 15.9 Å². The SMILES string of the molecule is O=C1c2ccccc2C(=O)N1CCC[C@H](O)CBr. The second-order valence-corrected chi connectivity index (χ2v) is 4.91. The molecular weight excluding hydrogens is 298 g/mol. The lowest BCUT2D eigenvalue weighted by atomic mass is 10.1. The van der Waals surface area contributed by atoms with Gasteiger partial charge in [0.25, 0.3) is 11.8 Å². The van der Waals surface area contributed by atoms with E-state index in [1.54, 1.807) is 24.3 Å². The minimum absolute atomic E-state index is 0.232. The molecule has 1 aliphatic rings. The van der Waals surface area contributed by atoms with Crippen molar-refractivity contribution in [2.24, 2.45) is 0 Å². The first kappa shape index (κ1) is 13.2. The maximum atomic E-state index is 12.0. The summed E-state index contributed by atoms with van der Waals surface area (Å²) in [4.78, 5) is 25.2. The van der Waals surface area contributed by atoms with Crippen molar-refractivity contribution < 1.29 is 14.7 Å². The zero-order valence-corrected chi connectivity index (χ0v) is 11.4. The molecule has 0 spiro atoms. The predicted octanol–water partition coefficient (Wildman–Crippen LogP) is 1.82. The van der Waals surface area contributed by atoms with Gasteiger partial charge < -0.3 is 5.11 Å². The lowest BCUT2D eigenvalue weighted by Gasteiger charge is -2.14. The van der Waals surface area contributed by atoms with Gasteiger partial charge in [-0.25, -0.2) is 0 Å². The molecule has 0 saturated heterocycles. The van der Waals surface area contributed by atoms with Crippen LogP contribution in [0.3, 0.4) is 0 Å². The Balaban J connectivity index is 2.01. The molecule has 5 heteroatoms. The Morgan fingerprint density at radius 2 is 1.72 bits per heavy atom. The molecule has 18 heavy (non-hydrogen) atoms. The molecule has 1 N–H and O–H groups in total. The van der Waals surface area contributed by atoms with Crippen LogP contribution in [0.1, 0.15) is 33.6 Å². The highest BCUT2D eigenvalue weighted by Gasteiger charge is 2.34. The van der Waals surface area contributed by atoms with Crippen LogP contribution in [-0.4, -0.2) is 39.8 Å². The van der Waals surface area contributed by atoms with Gasteiger partial charge in [0.15, 0.2) is 0 Å². The summed E-state index contributed by atoms with van der Waals surface area (Å²) in [6.45, 7) is 0.358. The van der Waals surface area contributed by atoms with Gasteiger partial charge >= 0.3 is 0 Å². The summed E-state index contributed by atoms with van der Waals surface area (Å²) in [5.41, 5.74) is 0.951. The number of hydrogen-bond donors (Lipinski definition) is 1. The summed E-state index contributed by atoms with van der Waals surface area (Å²) in [7, 11) is 0. The van der Waals surface area contributed by atoms with Crippen molar-refractivity contribution >= 4 is 27.7 Å². The summed E-state index contributed by atoms with van der Waals surface area (Å²) < 4.78 is 0. The van der Waals surface area contributed by atoms with Gasteiger partial charge in [0, 0.05) is 11.9 Å². The minimum atomic E-state index is -0.430. The number of amides is 2. The van der Waals surface area contributed by atoms with Gasteiger partial charge in [-0.15, -0.1) is 0 Å². The monoisotopic (exact) mass is 311 g/mol. The molecule has 0 aliphatic carbocycles. The van der Waals surface area contributed by atoms with Crippen LogP contribution in [0.5, 0.6) is 0 Å². The van der Waals surface area contributed by atoms with Crippen molar-refractivity contribution in [2.45, 2.75) is 18.9 Å². The van der Waals surface area contributed by atoms with E-state index in [0.29, 0.717) is 35.8 Å². The summed E-state index contributed by atoms with van der Waals surface area (Å²) in [5, 5.41) is 9.91. The second-order valence-electron chi connectivity index (χ2n) is 4.26. The molecule has 0 fully saturated rings. The van der Waals surface area contributed by atoms with Crippen LogP contribution in [0.25, 0.3) is 0 Å². The largest absolute Gasteiger partial charge is 0.392 e. The van der Waals surface area contributed by atoms with Crippen molar-refractivity contribution in [3.8, 4) is 0 Å². The van der Waals surface area contributed by atoms with Gasteiger partial charge in [-0.05, 0) is 25.0 Å². The average molecular weight is 312 g/mol. The molecule has 2 rings (SSSR count). The fourth-order valence-corrected chi connectivity index (χ4v) is 2.33. The predicted molar refractivity (Wildman–Crippen MR) is 70.8 cm³/mol. The Kier molecular flexibility index (Phi) is 4.14. The average Bonchev–Trinajstić information content (AvgIpc) is 2.64. The number of fused-ring (bicyclic) bond motifs is 1. The highest BCUT2D eigenvalue weighted by molar-refractivity contribution is 9.09. The second kappa shape index (κ2) is 5.63. The molecule has 0 aromatic heterocycles. The number of hydrogen-bond acceptors (Lipinski definition) is 3. The van der Waals surface area contributed by atoms with Crippen LogP contribution in [0, 0.1) is 0 Å². The maximum Gasteiger partial charge on any atom is 0.261 e. The smallest absolute Gasteiger partial charge is 0.261 e. The van der Waals surface area contributed by atoms with E-state index in [2.05, 4.69) is 15.9 Å². The summed E-state index contributed by atoms with van der Waals surface area (Å²) >= 11 is 3.18. The van der Waals surface area contributed by atoms with E-state index >= 15 is 0 Å². The van der Waals surface area contributed by atoms with Gasteiger partial charge in [0.05, 0.1) is 17.2 Å². The number of aliphatic hydroxyl groups excluding tert-OH is 1. The van der Waals surface area contributed by atoms with Gasteiger partial charge in [-0.1, -0.05) is 28.1 Å². The number of carbonyl (C=O) groups excluding carboxylic acids is 2. The van der Waals surface area contributed by atoms with Gasteiger partial charge in [0.2, 0.25) is 0 Å². The molecular formula is C13H14BrNO3. The fourth-order valence-electron chi connectivity index (χ4n) is 2.00. The highest BCUT2D eigenvalue weighted by atomic mass is 79.9. The molecule has 1 heterocycles. The Morgan fingerprint density at radius 1 is 1.17 bits per heavy atom. The molecule has 1 aromatic carbocycles. The summed E-state index contributed by atoms with van der Waals surface area (Å²) in [5.74, 6) is -0.465. The van der Waals surface area contributed by atoms with Gasteiger partial charge in [0.1, 0.15) is 0 Å². The molecule has 4 nitrogen and oxygen atoms in total. The molecule has 0 radical (unpaired) electrons. The number of halogens is 1. The maximum absolute atomic E-state index is 12.0. The first-order valence-electron chi connectivity index (χ1n) is 5.84. The Morgan fingerprint density at radius 3 is 2.22 bits per heavy atom. The lowest BCUT2D eigenvalue weighted by Crippen LogP contribution is -2.31. The normalized spacial score (nSPS) is 16.0.